The van der Waals surface area contributed by atoms with E-state index in [0.29, 0.717) is 50.9 Å². The van der Waals surface area contributed by atoms with Crippen LogP contribution in [0.15, 0.2) is 23.2 Å². The largest absolute Gasteiger partial charge is 0.378 e. The molecule has 0 radical (unpaired) electrons. The van der Waals surface area contributed by atoms with E-state index >= 15 is 0 Å². The van der Waals surface area contributed by atoms with Gasteiger partial charge < -0.3 is 20.3 Å². The molecule has 0 amide bonds. The number of nitrogens with zero attached hydrogens (tertiary/aromatic N) is 2. The number of aliphatic imine (C=N–C) groups is 1. The Hall–Kier alpha value is -1.14. The van der Waals surface area contributed by atoms with Crippen LogP contribution in [0.3, 0.4) is 0 Å². The third kappa shape index (κ3) is 8.48. The van der Waals surface area contributed by atoms with Crippen LogP contribution in [-0.2, 0) is 21.1 Å². The third-order valence-corrected chi connectivity index (χ3v) is 5.33. The van der Waals surface area contributed by atoms with Gasteiger partial charge in [-0.2, -0.15) is 0 Å². The highest BCUT2D eigenvalue weighted by atomic mass is 127. The van der Waals surface area contributed by atoms with E-state index in [1.165, 1.54) is 12.3 Å². The average Bonchev–Trinajstić information content (AvgIpc) is 2.63. The van der Waals surface area contributed by atoms with Gasteiger partial charge in [0.05, 0.1) is 24.7 Å². The van der Waals surface area contributed by atoms with Gasteiger partial charge in [-0.25, -0.2) is 12.8 Å². The van der Waals surface area contributed by atoms with Crippen molar-refractivity contribution < 1.29 is 17.5 Å². The quantitative estimate of drug-likeness (QED) is 0.319. The number of nitrogens with one attached hydrogen (secondary N) is 2. The lowest BCUT2D eigenvalue weighted by atomic mass is 10.1. The van der Waals surface area contributed by atoms with Crippen molar-refractivity contribution in [3.63, 3.8) is 0 Å². The molecule has 28 heavy (non-hydrogen) atoms. The molecule has 0 bridgehead atoms. The predicted octanol–water partition coefficient (Wildman–Crippen LogP) is 1.77. The summed E-state index contributed by atoms with van der Waals surface area (Å²) in [4.78, 5) is 6.12. The van der Waals surface area contributed by atoms with Gasteiger partial charge in [-0.05, 0) is 31.0 Å². The number of morpholine rings is 1. The molecule has 160 valence electrons. The maximum atomic E-state index is 14.5. The van der Waals surface area contributed by atoms with Gasteiger partial charge in [0.1, 0.15) is 15.7 Å². The number of anilines is 1. The summed E-state index contributed by atoms with van der Waals surface area (Å²) in [6.45, 7) is 4.92. The minimum atomic E-state index is -2.99. The molecule has 1 aliphatic rings. The van der Waals surface area contributed by atoms with E-state index in [1.807, 2.05) is 17.9 Å². The molecule has 1 heterocycles. The Kier molecular flexibility index (Phi) is 10.5. The standard InChI is InChI=1S/C18H29FN4O3S.HI/c1-14(6-11-27(3,24)25)22-18(20-2)21-13-15-4-5-17(16(19)12-15)23-7-9-26-10-8-23;/h4-5,12,14H,6-11,13H2,1-3H3,(H2,20,21,22);1H. The SMILES string of the molecule is CN=C(NCc1ccc(N2CCOCC2)c(F)c1)NC(C)CCS(C)(=O)=O.I. The van der Waals surface area contributed by atoms with Gasteiger partial charge in [-0.1, -0.05) is 6.07 Å². The molecule has 1 saturated heterocycles. The first-order chi connectivity index (χ1) is 12.8. The second-order valence-corrected chi connectivity index (χ2v) is 9.03. The lowest BCUT2D eigenvalue weighted by Gasteiger charge is -2.29. The second kappa shape index (κ2) is 11.8. The van der Waals surface area contributed by atoms with E-state index in [-0.39, 0.29) is 41.6 Å². The zero-order valence-electron chi connectivity index (χ0n) is 16.6. The van der Waals surface area contributed by atoms with Crippen molar-refractivity contribution in [2.75, 3.05) is 50.3 Å². The summed E-state index contributed by atoms with van der Waals surface area (Å²) in [5.41, 5.74) is 1.40. The fraction of sp³-hybridized carbons (Fsp3) is 0.611. The molecular formula is C18H30FIN4O3S. The number of rotatable bonds is 7. The summed E-state index contributed by atoms with van der Waals surface area (Å²) >= 11 is 0. The molecule has 10 heteroatoms. The molecular weight excluding hydrogens is 498 g/mol. The Morgan fingerprint density at radius 1 is 1.36 bits per heavy atom. The van der Waals surface area contributed by atoms with Crippen molar-refractivity contribution in [1.29, 1.82) is 0 Å². The number of hydrogen-bond acceptors (Lipinski definition) is 5. The van der Waals surface area contributed by atoms with Gasteiger partial charge in [0.2, 0.25) is 0 Å². The maximum absolute atomic E-state index is 14.5. The maximum Gasteiger partial charge on any atom is 0.191 e. The van der Waals surface area contributed by atoms with Gasteiger partial charge >= 0.3 is 0 Å². The summed E-state index contributed by atoms with van der Waals surface area (Å²) in [6.07, 6.45) is 1.71. The summed E-state index contributed by atoms with van der Waals surface area (Å²) in [7, 11) is -1.35. The number of halogens is 2. The summed E-state index contributed by atoms with van der Waals surface area (Å²) in [5.74, 6) is 0.418. The topological polar surface area (TPSA) is 83.0 Å². The first-order valence-electron chi connectivity index (χ1n) is 9.04. The predicted molar refractivity (Wildman–Crippen MR) is 122 cm³/mol. The number of hydrogen-bond donors (Lipinski definition) is 2. The van der Waals surface area contributed by atoms with Crippen molar-refractivity contribution in [3.05, 3.63) is 29.6 Å². The highest BCUT2D eigenvalue weighted by Gasteiger charge is 2.15. The van der Waals surface area contributed by atoms with Crippen LogP contribution in [0.1, 0.15) is 18.9 Å². The Bertz CT molecular complexity index is 755. The van der Waals surface area contributed by atoms with Crippen molar-refractivity contribution in [1.82, 2.24) is 10.6 Å². The van der Waals surface area contributed by atoms with E-state index in [0.717, 1.165) is 5.56 Å². The van der Waals surface area contributed by atoms with Gasteiger partial charge in [-0.3, -0.25) is 4.99 Å². The van der Waals surface area contributed by atoms with Crippen LogP contribution in [0.5, 0.6) is 0 Å². The fourth-order valence-corrected chi connectivity index (χ4v) is 3.58. The molecule has 1 atom stereocenters. The third-order valence-electron chi connectivity index (χ3n) is 4.35. The van der Waals surface area contributed by atoms with Crippen molar-refractivity contribution in [2.24, 2.45) is 4.99 Å². The van der Waals surface area contributed by atoms with Crippen LogP contribution >= 0.6 is 24.0 Å². The van der Waals surface area contributed by atoms with Gasteiger partial charge in [-0.15, -0.1) is 24.0 Å². The zero-order chi connectivity index (χ0) is 19.9. The van der Waals surface area contributed by atoms with Gasteiger partial charge in [0, 0.05) is 39.0 Å². The Labute approximate surface area is 184 Å². The number of guanidine groups is 1. The molecule has 0 aliphatic carbocycles. The molecule has 0 spiro atoms. The van der Waals surface area contributed by atoms with Crippen LogP contribution in [0.25, 0.3) is 0 Å². The minimum Gasteiger partial charge on any atom is -0.378 e. The summed E-state index contributed by atoms with van der Waals surface area (Å²) in [6, 6.07) is 5.16. The lowest BCUT2D eigenvalue weighted by molar-refractivity contribution is 0.122. The molecule has 1 aliphatic heterocycles. The van der Waals surface area contributed by atoms with Crippen LogP contribution in [0.2, 0.25) is 0 Å². The lowest BCUT2D eigenvalue weighted by Crippen LogP contribution is -2.42. The minimum absolute atomic E-state index is 0. The highest BCUT2D eigenvalue weighted by Crippen LogP contribution is 2.21. The van der Waals surface area contributed by atoms with E-state index in [2.05, 4.69) is 15.6 Å². The summed E-state index contributed by atoms with van der Waals surface area (Å²) in [5, 5.41) is 6.27. The van der Waals surface area contributed by atoms with E-state index in [4.69, 9.17) is 4.74 Å². The van der Waals surface area contributed by atoms with Crippen LogP contribution in [-0.4, -0.2) is 65.8 Å². The molecule has 1 aromatic carbocycles. The van der Waals surface area contributed by atoms with Crippen LogP contribution in [0.4, 0.5) is 10.1 Å². The van der Waals surface area contributed by atoms with Crippen LogP contribution < -0.4 is 15.5 Å². The first kappa shape index (κ1) is 24.9. The number of sulfone groups is 1. The molecule has 1 aromatic rings. The number of benzene rings is 1. The smallest absolute Gasteiger partial charge is 0.191 e. The Balaban J connectivity index is 0.00000392. The molecule has 1 fully saturated rings. The zero-order valence-corrected chi connectivity index (χ0v) is 19.7. The average molecular weight is 528 g/mol. The monoisotopic (exact) mass is 528 g/mol. The van der Waals surface area contributed by atoms with Crippen molar-refractivity contribution >= 4 is 45.5 Å². The van der Waals surface area contributed by atoms with E-state index < -0.39 is 9.84 Å². The Morgan fingerprint density at radius 2 is 2.04 bits per heavy atom. The summed E-state index contributed by atoms with van der Waals surface area (Å²) < 4.78 is 42.3. The van der Waals surface area contributed by atoms with Crippen molar-refractivity contribution in [3.8, 4) is 0 Å². The normalized spacial score (nSPS) is 16.3. The highest BCUT2D eigenvalue weighted by molar-refractivity contribution is 14.0. The van der Waals surface area contributed by atoms with Gasteiger partial charge in [0.25, 0.3) is 0 Å². The molecule has 2 rings (SSSR count). The van der Waals surface area contributed by atoms with Crippen LogP contribution in [0, 0.1) is 5.82 Å². The molecule has 0 saturated carbocycles. The first-order valence-corrected chi connectivity index (χ1v) is 11.1. The van der Waals surface area contributed by atoms with E-state index in [9.17, 15) is 12.8 Å². The number of ether oxygens (including phenoxy) is 1. The van der Waals surface area contributed by atoms with E-state index in [1.54, 1.807) is 13.1 Å². The van der Waals surface area contributed by atoms with Crippen molar-refractivity contribution in [2.45, 2.75) is 25.9 Å². The fourth-order valence-electron chi connectivity index (χ4n) is 2.80. The molecule has 7 nitrogen and oxygen atoms in total. The second-order valence-electron chi connectivity index (χ2n) is 6.77. The molecule has 2 N–H and O–H groups in total. The molecule has 0 aromatic heterocycles. The molecule has 1 unspecified atom stereocenters. The van der Waals surface area contributed by atoms with Gasteiger partial charge in [0.15, 0.2) is 5.96 Å². The Morgan fingerprint density at radius 3 is 2.61 bits per heavy atom.